The zero-order valence-corrected chi connectivity index (χ0v) is 14.4. The number of benzene rings is 1. The van der Waals surface area contributed by atoms with Gasteiger partial charge in [-0.3, -0.25) is 4.79 Å². The van der Waals surface area contributed by atoms with Crippen LogP contribution in [0.5, 0.6) is 0 Å². The van der Waals surface area contributed by atoms with Crippen molar-refractivity contribution in [3.05, 3.63) is 52.6 Å². The number of aromatic nitrogens is 2. The van der Waals surface area contributed by atoms with Crippen LogP contribution in [0, 0.1) is 0 Å². The predicted molar refractivity (Wildman–Crippen MR) is 92.1 cm³/mol. The third-order valence-corrected chi connectivity index (χ3v) is 4.36. The Kier molecular flexibility index (Phi) is 6.22. The van der Waals surface area contributed by atoms with E-state index in [4.69, 9.17) is 11.6 Å². The Hall–Kier alpha value is -1.81. The minimum atomic E-state index is -0.822. The molecule has 124 valence electrons. The fourth-order valence-corrected chi connectivity index (χ4v) is 2.83. The molecule has 0 amide bonds. The predicted octanol–water partition coefficient (Wildman–Crippen LogP) is 4.51. The van der Waals surface area contributed by atoms with Gasteiger partial charge in [-0.05, 0) is 24.5 Å². The molecular weight excluding hydrogens is 312 g/mol. The third-order valence-electron chi connectivity index (χ3n) is 3.99. The number of carbonyl (C=O) groups is 1. The van der Waals surface area contributed by atoms with Crippen molar-refractivity contribution in [2.45, 2.75) is 52.0 Å². The molecule has 4 nitrogen and oxygen atoms in total. The van der Waals surface area contributed by atoms with Gasteiger partial charge >= 0.3 is 5.97 Å². The SMILES string of the molecule is CCCCc1nc(C(CC)C(=O)O)cn1Cc1ccccc1Cl. The average Bonchev–Trinajstić information content (AvgIpc) is 2.90. The Morgan fingerprint density at radius 1 is 1.35 bits per heavy atom. The smallest absolute Gasteiger partial charge is 0.312 e. The molecule has 0 saturated heterocycles. The Labute approximate surface area is 142 Å². The lowest BCUT2D eigenvalue weighted by Gasteiger charge is -2.09. The van der Waals surface area contributed by atoms with Gasteiger partial charge in [0.2, 0.25) is 0 Å². The minimum Gasteiger partial charge on any atom is -0.481 e. The van der Waals surface area contributed by atoms with Gasteiger partial charge in [0.05, 0.1) is 12.2 Å². The molecule has 0 saturated carbocycles. The summed E-state index contributed by atoms with van der Waals surface area (Å²) in [5.74, 6) is -0.443. The van der Waals surface area contributed by atoms with E-state index in [1.165, 1.54) is 0 Å². The number of hydrogen-bond acceptors (Lipinski definition) is 2. The number of aliphatic carboxylic acids is 1. The molecule has 0 fully saturated rings. The van der Waals surface area contributed by atoms with Gasteiger partial charge in [0.1, 0.15) is 11.7 Å². The maximum Gasteiger partial charge on any atom is 0.312 e. The Morgan fingerprint density at radius 3 is 2.70 bits per heavy atom. The van der Waals surface area contributed by atoms with Gasteiger partial charge in [-0.2, -0.15) is 0 Å². The van der Waals surface area contributed by atoms with Gasteiger partial charge in [-0.15, -0.1) is 0 Å². The van der Waals surface area contributed by atoms with Crippen molar-refractivity contribution >= 4 is 17.6 Å². The lowest BCUT2D eigenvalue weighted by Crippen LogP contribution is -2.10. The lowest BCUT2D eigenvalue weighted by atomic mass is 10.0. The topological polar surface area (TPSA) is 55.1 Å². The summed E-state index contributed by atoms with van der Waals surface area (Å²) in [6, 6.07) is 7.71. The van der Waals surface area contributed by atoms with Crippen LogP contribution in [0.15, 0.2) is 30.5 Å². The second-order valence-corrected chi connectivity index (χ2v) is 6.11. The summed E-state index contributed by atoms with van der Waals surface area (Å²) in [5.41, 5.74) is 1.65. The zero-order chi connectivity index (χ0) is 16.8. The summed E-state index contributed by atoms with van der Waals surface area (Å²) in [7, 11) is 0. The largest absolute Gasteiger partial charge is 0.481 e. The van der Waals surface area contributed by atoms with E-state index in [-0.39, 0.29) is 0 Å². The molecule has 2 rings (SSSR count). The normalized spacial score (nSPS) is 12.3. The van der Waals surface area contributed by atoms with Gasteiger partial charge in [-0.25, -0.2) is 4.98 Å². The van der Waals surface area contributed by atoms with Crippen molar-refractivity contribution in [1.82, 2.24) is 9.55 Å². The van der Waals surface area contributed by atoms with Crippen molar-refractivity contribution in [1.29, 1.82) is 0 Å². The van der Waals surface area contributed by atoms with Crippen molar-refractivity contribution in [2.24, 2.45) is 0 Å². The highest BCUT2D eigenvalue weighted by Gasteiger charge is 2.22. The standard InChI is InChI=1S/C18H23ClN2O2/c1-3-5-10-17-20-16(14(4-2)18(22)23)12-21(17)11-13-8-6-7-9-15(13)19/h6-9,12,14H,3-5,10-11H2,1-2H3,(H,22,23). The third kappa shape index (κ3) is 4.35. The summed E-state index contributed by atoms with van der Waals surface area (Å²) in [6.45, 7) is 4.62. The molecule has 1 heterocycles. The number of carboxylic acid groups (broad SMARTS) is 1. The molecule has 1 unspecified atom stereocenters. The van der Waals surface area contributed by atoms with Crippen LogP contribution >= 0.6 is 11.6 Å². The Balaban J connectivity index is 2.34. The second-order valence-electron chi connectivity index (χ2n) is 5.70. The lowest BCUT2D eigenvalue weighted by molar-refractivity contribution is -0.138. The fourth-order valence-electron chi connectivity index (χ4n) is 2.64. The van der Waals surface area contributed by atoms with Crippen LogP contribution < -0.4 is 0 Å². The quantitative estimate of drug-likeness (QED) is 0.773. The monoisotopic (exact) mass is 334 g/mol. The number of nitrogens with zero attached hydrogens (tertiary/aromatic N) is 2. The molecule has 0 aliphatic carbocycles. The highest BCUT2D eigenvalue weighted by molar-refractivity contribution is 6.31. The number of halogens is 1. The van der Waals surface area contributed by atoms with Crippen molar-refractivity contribution in [2.75, 3.05) is 0 Å². The first-order valence-corrected chi connectivity index (χ1v) is 8.46. The number of hydrogen-bond donors (Lipinski definition) is 1. The first-order chi connectivity index (χ1) is 11.1. The van der Waals surface area contributed by atoms with Crippen molar-refractivity contribution in [3.63, 3.8) is 0 Å². The maximum absolute atomic E-state index is 11.4. The van der Waals surface area contributed by atoms with Crippen LogP contribution in [0.1, 0.15) is 56.1 Å². The van der Waals surface area contributed by atoms with E-state index in [1.807, 2.05) is 42.0 Å². The van der Waals surface area contributed by atoms with Gasteiger partial charge in [0.25, 0.3) is 0 Å². The average molecular weight is 335 g/mol. The molecule has 2 aromatic rings. The highest BCUT2D eigenvalue weighted by Crippen LogP contribution is 2.23. The summed E-state index contributed by atoms with van der Waals surface area (Å²) >= 11 is 6.25. The van der Waals surface area contributed by atoms with Crippen LogP contribution in [0.4, 0.5) is 0 Å². The number of unbranched alkanes of at least 4 members (excludes halogenated alkanes) is 1. The Bertz CT molecular complexity index is 667. The van der Waals surface area contributed by atoms with Gasteiger partial charge in [0, 0.05) is 17.6 Å². The van der Waals surface area contributed by atoms with E-state index >= 15 is 0 Å². The molecular formula is C18H23ClN2O2. The van der Waals surface area contributed by atoms with E-state index in [2.05, 4.69) is 11.9 Å². The summed E-state index contributed by atoms with van der Waals surface area (Å²) < 4.78 is 2.04. The van der Waals surface area contributed by atoms with Crippen LogP contribution in [-0.4, -0.2) is 20.6 Å². The second kappa shape index (κ2) is 8.16. The van der Waals surface area contributed by atoms with Gasteiger partial charge < -0.3 is 9.67 Å². The van der Waals surface area contributed by atoms with Crippen molar-refractivity contribution in [3.8, 4) is 0 Å². The number of imidazole rings is 1. The zero-order valence-electron chi connectivity index (χ0n) is 13.6. The molecule has 0 aliphatic heterocycles. The van der Waals surface area contributed by atoms with E-state index in [1.54, 1.807) is 0 Å². The van der Waals surface area contributed by atoms with E-state index in [0.717, 1.165) is 35.7 Å². The molecule has 23 heavy (non-hydrogen) atoms. The van der Waals surface area contributed by atoms with Gasteiger partial charge in [-0.1, -0.05) is 50.1 Å². The molecule has 1 aromatic heterocycles. The van der Waals surface area contributed by atoms with Crippen LogP contribution in [-0.2, 0) is 17.8 Å². The molecule has 1 atom stereocenters. The summed E-state index contributed by atoms with van der Waals surface area (Å²) in [5, 5.41) is 10.1. The van der Waals surface area contributed by atoms with E-state index in [0.29, 0.717) is 18.7 Å². The highest BCUT2D eigenvalue weighted by atomic mass is 35.5. The van der Waals surface area contributed by atoms with Crippen LogP contribution in [0.3, 0.4) is 0 Å². The molecule has 0 bridgehead atoms. The summed E-state index contributed by atoms with van der Waals surface area (Å²) in [4.78, 5) is 16.0. The Morgan fingerprint density at radius 2 is 2.09 bits per heavy atom. The number of carboxylic acids is 1. The molecule has 1 N–H and O–H groups in total. The van der Waals surface area contributed by atoms with Crippen LogP contribution in [0.2, 0.25) is 5.02 Å². The summed E-state index contributed by atoms with van der Waals surface area (Å²) in [6.07, 6.45) is 5.35. The number of rotatable bonds is 8. The van der Waals surface area contributed by atoms with E-state index in [9.17, 15) is 9.90 Å². The molecule has 0 aliphatic rings. The minimum absolute atomic E-state index is 0.533. The van der Waals surface area contributed by atoms with E-state index < -0.39 is 11.9 Å². The van der Waals surface area contributed by atoms with Gasteiger partial charge in [0.15, 0.2) is 0 Å². The van der Waals surface area contributed by atoms with Crippen LogP contribution in [0.25, 0.3) is 0 Å². The molecule has 5 heteroatoms. The number of aryl methyl sites for hydroxylation is 1. The first-order valence-electron chi connectivity index (χ1n) is 8.08. The van der Waals surface area contributed by atoms with Crippen molar-refractivity contribution < 1.29 is 9.90 Å². The maximum atomic E-state index is 11.4. The molecule has 0 radical (unpaired) electrons. The molecule has 1 aromatic carbocycles. The molecule has 0 spiro atoms. The first kappa shape index (κ1) is 17.5. The fraction of sp³-hybridized carbons (Fsp3) is 0.444.